The molecule has 0 unspecified atom stereocenters. The van der Waals surface area contributed by atoms with Crippen LogP contribution in [-0.2, 0) is 17.9 Å². The number of nitrogens with zero attached hydrogens (tertiary/aromatic N) is 3. The monoisotopic (exact) mass is 574 g/mol. The van der Waals surface area contributed by atoms with E-state index in [1.807, 2.05) is 19.1 Å². The number of halogens is 1. The fourth-order valence-electron chi connectivity index (χ4n) is 3.57. The molecule has 0 radical (unpaired) electrons. The fourth-order valence-corrected chi connectivity index (χ4v) is 4.15. The van der Waals surface area contributed by atoms with Gasteiger partial charge in [-0.3, -0.25) is 13.9 Å². The van der Waals surface area contributed by atoms with Crippen molar-refractivity contribution in [1.29, 1.82) is 0 Å². The van der Waals surface area contributed by atoms with Crippen molar-refractivity contribution in [3.8, 4) is 17.1 Å². The first-order valence-electron chi connectivity index (χ1n) is 10.5. The Morgan fingerprint density at radius 3 is 2.56 bits per heavy atom. The van der Waals surface area contributed by atoms with E-state index in [1.54, 1.807) is 30.3 Å². The Bertz CT molecular complexity index is 1490. The van der Waals surface area contributed by atoms with Crippen LogP contribution in [0.1, 0.15) is 18.9 Å². The van der Waals surface area contributed by atoms with Gasteiger partial charge in [-0.25, -0.2) is 9.78 Å². The zero-order chi connectivity index (χ0) is 24.4. The van der Waals surface area contributed by atoms with E-state index in [0.29, 0.717) is 29.2 Å². The van der Waals surface area contributed by atoms with Crippen molar-refractivity contribution in [1.82, 2.24) is 19.1 Å². The number of carbonyl (C=O) groups is 1. The van der Waals surface area contributed by atoms with Gasteiger partial charge in [0, 0.05) is 21.4 Å². The molecule has 34 heavy (non-hydrogen) atoms. The zero-order valence-electron chi connectivity index (χ0n) is 18.2. The van der Waals surface area contributed by atoms with Gasteiger partial charge >= 0.3 is 5.69 Å². The van der Waals surface area contributed by atoms with Gasteiger partial charge in [0.2, 0.25) is 0 Å². The number of fused-ring (bicyclic) bond motifs is 1. The average molecular weight is 574 g/mol. The van der Waals surface area contributed by atoms with Crippen LogP contribution in [-0.4, -0.2) is 31.7 Å². The average Bonchev–Trinajstić information content (AvgIpc) is 3.26. The summed E-state index contributed by atoms with van der Waals surface area (Å²) in [6, 6.07) is 12.0. The Hall–Kier alpha value is -3.61. The highest BCUT2D eigenvalue weighted by Crippen LogP contribution is 2.22. The maximum atomic E-state index is 13.2. The highest BCUT2D eigenvalue weighted by Gasteiger charge is 2.18. The second-order valence-electron chi connectivity index (χ2n) is 7.65. The molecule has 0 aliphatic carbocycles. The highest BCUT2D eigenvalue weighted by atomic mass is 127. The van der Waals surface area contributed by atoms with E-state index < -0.39 is 23.8 Å². The largest absolute Gasteiger partial charge is 0.546 e. The molecule has 0 fully saturated rings. The van der Waals surface area contributed by atoms with Gasteiger partial charge in [-0.1, -0.05) is 13.0 Å². The number of carboxylic acids is 1. The number of aromatic amines is 1. The van der Waals surface area contributed by atoms with Crippen molar-refractivity contribution < 1.29 is 14.6 Å². The summed E-state index contributed by atoms with van der Waals surface area (Å²) < 4.78 is 8.65. The van der Waals surface area contributed by atoms with Crippen LogP contribution < -0.4 is 26.8 Å². The Balaban J connectivity index is 1.81. The highest BCUT2D eigenvalue weighted by molar-refractivity contribution is 14.1. The molecule has 176 valence electrons. The van der Waals surface area contributed by atoms with Crippen molar-refractivity contribution >= 4 is 45.4 Å². The van der Waals surface area contributed by atoms with Gasteiger partial charge in [0.15, 0.2) is 5.65 Å². The predicted octanol–water partition coefficient (Wildman–Crippen LogP) is 1.33. The number of H-pyrrole nitrogens is 1. The second-order valence-corrected chi connectivity index (χ2v) is 8.81. The van der Waals surface area contributed by atoms with Gasteiger partial charge < -0.3 is 25.4 Å². The minimum Gasteiger partial charge on any atom is -0.546 e. The normalized spacial score (nSPS) is 11.1. The molecule has 10 nitrogen and oxygen atoms in total. The molecule has 2 aromatic heterocycles. The number of carbonyl (C=O) groups excluding carboxylic acids is 1. The molecular formula is C23H21IN5O5-. The third-order valence-corrected chi connectivity index (χ3v) is 6.13. The summed E-state index contributed by atoms with van der Waals surface area (Å²) in [7, 11) is 0. The summed E-state index contributed by atoms with van der Waals surface area (Å²) in [6.45, 7) is 1.84. The number of anilines is 1. The van der Waals surface area contributed by atoms with Crippen molar-refractivity contribution in [2.75, 3.05) is 12.3 Å². The number of aliphatic carboxylic acids is 1. The lowest BCUT2D eigenvalue weighted by Crippen LogP contribution is -2.40. The van der Waals surface area contributed by atoms with Gasteiger partial charge in [-0.2, -0.15) is 0 Å². The van der Waals surface area contributed by atoms with Gasteiger partial charge in [-0.15, -0.1) is 0 Å². The SMILES string of the molecule is CCCn1c(=O)c2[nH]c(-c3ccc(OCC(=O)[O-])cc3)nc2n(Cc2ccc(N)c(I)c2)c1=O. The van der Waals surface area contributed by atoms with Crippen molar-refractivity contribution in [3.63, 3.8) is 0 Å². The van der Waals surface area contributed by atoms with Crippen LogP contribution in [0.25, 0.3) is 22.6 Å². The zero-order valence-corrected chi connectivity index (χ0v) is 20.4. The molecule has 4 rings (SSSR count). The fraction of sp³-hybridized carbons (Fsp3) is 0.217. The molecule has 4 aromatic rings. The molecule has 0 saturated heterocycles. The molecule has 0 aliphatic rings. The Labute approximate surface area is 207 Å². The molecule has 2 heterocycles. The van der Waals surface area contributed by atoms with Crippen molar-refractivity contribution in [2.24, 2.45) is 0 Å². The maximum absolute atomic E-state index is 13.2. The summed E-state index contributed by atoms with van der Waals surface area (Å²) in [6.07, 6.45) is 0.620. The Morgan fingerprint density at radius 1 is 1.18 bits per heavy atom. The van der Waals surface area contributed by atoms with Gasteiger partial charge in [-0.05, 0) is 71.0 Å². The summed E-state index contributed by atoms with van der Waals surface area (Å²) >= 11 is 2.13. The van der Waals surface area contributed by atoms with Crippen LogP contribution in [0.5, 0.6) is 5.75 Å². The lowest BCUT2D eigenvalue weighted by molar-refractivity contribution is -0.307. The van der Waals surface area contributed by atoms with Crippen LogP contribution >= 0.6 is 22.6 Å². The molecule has 0 spiro atoms. The molecule has 0 aliphatic heterocycles. The Morgan fingerprint density at radius 2 is 1.91 bits per heavy atom. The lowest BCUT2D eigenvalue weighted by atomic mass is 10.2. The van der Waals surface area contributed by atoms with Gasteiger partial charge in [0.05, 0.1) is 12.5 Å². The summed E-state index contributed by atoms with van der Waals surface area (Å²) in [5, 5.41) is 10.6. The molecule has 0 bridgehead atoms. The number of nitrogens with one attached hydrogen (secondary N) is 1. The number of nitrogen functional groups attached to an aromatic ring is 1. The molecule has 0 saturated carbocycles. The van der Waals surface area contributed by atoms with E-state index in [0.717, 1.165) is 9.13 Å². The van der Waals surface area contributed by atoms with E-state index in [1.165, 1.54) is 9.13 Å². The standard InChI is InChI=1S/C23H22IN5O5/c1-2-9-28-22(32)19-21(29(23(28)33)11-13-3-8-17(25)16(24)10-13)27-20(26-19)14-4-6-15(7-5-14)34-12-18(30)31/h3-8,10H,2,9,11-12,25H2,1H3,(H,26,27)(H,30,31)/p-1. The van der Waals surface area contributed by atoms with Gasteiger partial charge in [0.25, 0.3) is 5.56 Å². The molecule has 3 N–H and O–H groups in total. The smallest absolute Gasteiger partial charge is 0.333 e. The molecule has 11 heteroatoms. The van der Waals surface area contributed by atoms with Crippen LogP contribution in [0.4, 0.5) is 5.69 Å². The molecular weight excluding hydrogens is 553 g/mol. The number of imidazole rings is 1. The topological polar surface area (TPSA) is 148 Å². The number of hydrogen-bond donors (Lipinski definition) is 2. The van der Waals surface area contributed by atoms with E-state index in [-0.39, 0.29) is 24.3 Å². The number of ether oxygens (including phenoxy) is 1. The van der Waals surface area contributed by atoms with Crippen molar-refractivity contribution in [2.45, 2.75) is 26.4 Å². The van der Waals surface area contributed by atoms with E-state index in [2.05, 4.69) is 32.6 Å². The number of hydrogen-bond acceptors (Lipinski definition) is 7. The van der Waals surface area contributed by atoms with E-state index in [9.17, 15) is 19.5 Å². The first-order chi connectivity index (χ1) is 16.3. The first-order valence-corrected chi connectivity index (χ1v) is 11.6. The number of rotatable bonds is 8. The van der Waals surface area contributed by atoms with Crippen LogP contribution in [0.15, 0.2) is 52.1 Å². The number of benzene rings is 2. The minimum absolute atomic E-state index is 0.218. The third-order valence-electron chi connectivity index (χ3n) is 5.20. The minimum atomic E-state index is -1.32. The second kappa shape index (κ2) is 9.71. The van der Waals surface area contributed by atoms with Gasteiger partial charge in [0.1, 0.15) is 23.7 Å². The quantitative estimate of drug-likeness (QED) is 0.238. The van der Waals surface area contributed by atoms with Crippen LogP contribution in [0.3, 0.4) is 0 Å². The number of carboxylic acid groups (broad SMARTS) is 1. The van der Waals surface area contributed by atoms with Crippen molar-refractivity contribution in [3.05, 3.63) is 72.4 Å². The molecule has 0 atom stereocenters. The lowest BCUT2D eigenvalue weighted by Gasteiger charge is -2.11. The van der Waals surface area contributed by atoms with Crippen LogP contribution in [0, 0.1) is 3.57 Å². The summed E-state index contributed by atoms with van der Waals surface area (Å²) in [4.78, 5) is 44.5. The number of aromatic nitrogens is 4. The van der Waals surface area contributed by atoms with E-state index in [4.69, 9.17) is 10.5 Å². The number of nitrogens with two attached hydrogens (primary N) is 1. The van der Waals surface area contributed by atoms with E-state index >= 15 is 0 Å². The van der Waals surface area contributed by atoms with Crippen LogP contribution in [0.2, 0.25) is 0 Å². The molecule has 0 amide bonds. The maximum Gasteiger partial charge on any atom is 0.333 e. The summed E-state index contributed by atoms with van der Waals surface area (Å²) in [5.74, 6) is -0.574. The first kappa shape index (κ1) is 23.5. The molecule has 2 aromatic carbocycles. The summed E-state index contributed by atoms with van der Waals surface area (Å²) in [5.41, 5.74) is 7.66. The predicted molar refractivity (Wildman–Crippen MR) is 134 cm³/mol. The Kier molecular flexibility index (Phi) is 6.72. The third kappa shape index (κ3) is 4.69.